The van der Waals surface area contributed by atoms with E-state index >= 15 is 0 Å². The zero-order chi connectivity index (χ0) is 27.6. The second kappa shape index (κ2) is 11.4. The molecule has 0 spiro atoms. The predicted octanol–water partition coefficient (Wildman–Crippen LogP) is 0.353. The fraction of sp³-hybridized carbons (Fsp3) is 0.409. The van der Waals surface area contributed by atoms with Crippen LogP contribution in [0.4, 0.5) is 0 Å². The van der Waals surface area contributed by atoms with E-state index in [1.165, 1.54) is 33.3 Å². The van der Waals surface area contributed by atoms with Gasteiger partial charge in [0.25, 0.3) is 0 Å². The van der Waals surface area contributed by atoms with E-state index in [9.17, 15) is 24.0 Å². The van der Waals surface area contributed by atoms with Crippen molar-refractivity contribution < 1.29 is 38.2 Å². The van der Waals surface area contributed by atoms with Crippen molar-refractivity contribution in [2.45, 2.75) is 12.8 Å². The first kappa shape index (κ1) is 28.2. The van der Waals surface area contributed by atoms with Crippen molar-refractivity contribution in [3.63, 3.8) is 0 Å². The number of nitrogens with zero attached hydrogens (tertiary/aromatic N) is 2. The lowest BCUT2D eigenvalue weighted by molar-refractivity contribution is -0.147. The fourth-order valence-corrected chi connectivity index (χ4v) is 4.65. The van der Waals surface area contributed by atoms with Gasteiger partial charge in [0.15, 0.2) is 28.3 Å². The summed E-state index contributed by atoms with van der Waals surface area (Å²) in [6, 6.07) is 2.70. The Labute approximate surface area is 227 Å². The lowest BCUT2D eigenvalue weighted by atomic mass is 9.73. The fourth-order valence-electron chi connectivity index (χ4n) is 3.99. The minimum atomic E-state index is -1.54. The van der Waals surface area contributed by atoms with Gasteiger partial charge in [0.1, 0.15) is 11.8 Å². The molecule has 0 saturated carbocycles. The largest absolute Gasteiger partial charge is 0.493 e. The van der Waals surface area contributed by atoms with E-state index in [0.29, 0.717) is 0 Å². The zero-order valence-corrected chi connectivity index (χ0v) is 22.5. The molecule has 2 heterocycles. The highest BCUT2D eigenvalue weighted by Crippen LogP contribution is 2.44. The van der Waals surface area contributed by atoms with Crippen molar-refractivity contribution >= 4 is 75.9 Å². The molecular formula is C22H23ClN4O8S2. The molecule has 1 aromatic carbocycles. The van der Waals surface area contributed by atoms with Gasteiger partial charge in [-0.05, 0) is 49.1 Å². The first-order valence-corrected chi connectivity index (χ1v) is 12.0. The Hall–Kier alpha value is -3.36. The molecule has 3 rings (SSSR count). The van der Waals surface area contributed by atoms with Gasteiger partial charge in [-0.15, -0.1) is 0 Å². The van der Waals surface area contributed by atoms with Gasteiger partial charge in [-0.2, -0.15) is 0 Å². The lowest BCUT2D eigenvalue weighted by Crippen LogP contribution is -2.62. The molecule has 0 aliphatic carbocycles. The van der Waals surface area contributed by atoms with Crippen LogP contribution < -0.4 is 20.1 Å². The van der Waals surface area contributed by atoms with Crippen molar-refractivity contribution in [2.24, 2.45) is 11.8 Å². The molecule has 0 aromatic heterocycles. The number of ether oxygens (including phenoxy) is 3. The van der Waals surface area contributed by atoms with E-state index in [1.807, 2.05) is 0 Å². The van der Waals surface area contributed by atoms with Crippen molar-refractivity contribution in [3.8, 4) is 11.5 Å². The smallest absolute Gasteiger partial charge is 0.344 e. The number of thiocarbonyl (C=S) groups is 2. The van der Waals surface area contributed by atoms with Gasteiger partial charge in [-0.25, -0.2) is 4.79 Å². The summed E-state index contributed by atoms with van der Waals surface area (Å²) in [5.74, 6) is -8.12. The van der Waals surface area contributed by atoms with Crippen molar-refractivity contribution in [2.75, 3.05) is 34.4 Å². The Morgan fingerprint density at radius 2 is 1.54 bits per heavy atom. The van der Waals surface area contributed by atoms with Crippen LogP contribution in [0.3, 0.4) is 0 Å². The first-order chi connectivity index (χ1) is 17.4. The second-order valence-electron chi connectivity index (χ2n) is 7.99. The third-order valence-electron chi connectivity index (χ3n) is 5.82. The van der Waals surface area contributed by atoms with E-state index in [-0.39, 0.29) is 38.9 Å². The van der Waals surface area contributed by atoms with Crippen LogP contribution in [-0.4, -0.2) is 84.0 Å². The molecule has 1 unspecified atom stereocenters. The van der Waals surface area contributed by atoms with Crippen molar-refractivity contribution in [3.05, 3.63) is 22.7 Å². The molecule has 2 aliphatic heterocycles. The van der Waals surface area contributed by atoms with Crippen LogP contribution in [-0.2, 0) is 28.7 Å². The maximum absolute atomic E-state index is 13.3. The number of benzene rings is 1. The number of hydrogen-bond acceptors (Lipinski definition) is 10. The maximum Gasteiger partial charge on any atom is 0.344 e. The Bertz CT molecular complexity index is 1160. The van der Waals surface area contributed by atoms with E-state index in [0.717, 1.165) is 9.80 Å². The number of amides is 4. The molecule has 4 amide bonds. The van der Waals surface area contributed by atoms with Crippen LogP contribution in [0.1, 0.15) is 18.4 Å². The second-order valence-corrected chi connectivity index (χ2v) is 9.17. The molecule has 2 N–H and O–H groups in total. The van der Waals surface area contributed by atoms with Crippen molar-refractivity contribution in [1.82, 2.24) is 20.4 Å². The summed E-state index contributed by atoms with van der Waals surface area (Å²) in [6.07, 6.45) is 0. The molecule has 0 bridgehead atoms. The average molecular weight is 571 g/mol. The summed E-state index contributed by atoms with van der Waals surface area (Å²) in [5.41, 5.74) is 0.148. The Morgan fingerprint density at radius 1 is 1.03 bits per heavy atom. The van der Waals surface area contributed by atoms with Crippen LogP contribution >= 0.6 is 36.0 Å². The SMILES string of the molecule is CCOC(=O)COc1c(Cl)cc(C([C@@H]2C(=O)NC(=S)N(C)C2=O)[C@H]2C(=O)NC(=S)N(C)C2=O)cc1OC. The number of carbonyl (C=O) groups excluding carboxylic acids is 5. The van der Waals surface area contributed by atoms with Crippen molar-refractivity contribution in [1.29, 1.82) is 0 Å². The molecule has 2 fully saturated rings. The quantitative estimate of drug-likeness (QED) is 0.255. The van der Waals surface area contributed by atoms with E-state index in [1.54, 1.807) is 6.92 Å². The van der Waals surface area contributed by atoms with Gasteiger partial charge < -0.3 is 24.8 Å². The topological polar surface area (TPSA) is 144 Å². The zero-order valence-electron chi connectivity index (χ0n) is 20.2. The van der Waals surface area contributed by atoms with E-state index in [4.69, 9.17) is 50.2 Å². The average Bonchev–Trinajstić information content (AvgIpc) is 2.84. The number of carbonyl (C=O) groups is 5. The molecule has 1 aromatic rings. The Kier molecular flexibility index (Phi) is 8.66. The van der Waals surface area contributed by atoms with Gasteiger partial charge in [-0.3, -0.25) is 29.0 Å². The number of methoxy groups -OCH3 is 1. The standard InChI is InChI=1S/C22H23ClN4O8S2/c1-5-34-12(28)8-35-16-10(23)6-9(7-11(16)33-4)13(14-17(29)24-21(36)26(2)19(14)31)15-18(30)25-22(37)27(3)20(15)32/h6-7,13-15H,5,8H2,1-4H3,(H,24,29,36)(H,25,30,37)/t13?,14-,15+. The summed E-state index contributed by atoms with van der Waals surface area (Å²) in [5, 5.41) is 4.53. The molecule has 0 radical (unpaired) electrons. The summed E-state index contributed by atoms with van der Waals surface area (Å²) < 4.78 is 15.7. The van der Waals surface area contributed by atoms with Gasteiger partial charge in [0, 0.05) is 20.0 Å². The van der Waals surface area contributed by atoms with Crippen LogP contribution in [0.5, 0.6) is 11.5 Å². The van der Waals surface area contributed by atoms with Crippen LogP contribution in [0.25, 0.3) is 0 Å². The lowest BCUT2D eigenvalue weighted by Gasteiger charge is -2.39. The molecule has 3 atom stereocenters. The van der Waals surface area contributed by atoms with Crippen LogP contribution in [0.2, 0.25) is 5.02 Å². The molecule has 37 heavy (non-hydrogen) atoms. The Balaban J connectivity index is 2.15. The highest BCUT2D eigenvalue weighted by atomic mass is 35.5. The first-order valence-electron chi connectivity index (χ1n) is 10.8. The highest BCUT2D eigenvalue weighted by Gasteiger charge is 2.52. The maximum atomic E-state index is 13.3. The minimum absolute atomic E-state index is 0.0184. The molecule has 2 saturated heterocycles. The van der Waals surface area contributed by atoms with Crippen LogP contribution in [0, 0.1) is 11.8 Å². The van der Waals surface area contributed by atoms with Gasteiger partial charge >= 0.3 is 5.97 Å². The normalized spacial score (nSPS) is 20.9. The van der Waals surface area contributed by atoms with Crippen LogP contribution in [0.15, 0.2) is 12.1 Å². The number of rotatable bonds is 8. The van der Waals surface area contributed by atoms with E-state index < -0.39 is 54.0 Å². The molecule has 12 nitrogen and oxygen atoms in total. The highest BCUT2D eigenvalue weighted by molar-refractivity contribution is 7.80. The third kappa shape index (κ3) is 5.50. The summed E-state index contributed by atoms with van der Waals surface area (Å²) in [4.78, 5) is 66.5. The van der Waals surface area contributed by atoms with Gasteiger partial charge in [0.2, 0.25) is 23.6 Å². The number of nitrogens with one attached hydrogen (secondary N) is 2. The number of esters is 1. The third-order valence-corrected chi connectivity index (χ3v) is 6.85. The molecule has 198 valence electrons. The summed E-state index contributed by atoms with van der Waals surface area (Å²) in [6.45, 7) is 1.32. The molecule has 2 aliphatic rings. The van der Waals surface area contributed by atoms with E-state index in [2.05, 4.69) is 10.6 Å². The molecule has 15 heteroatoms. The number of halogens is 1. The van der Waals surface area contributed by atoms with Gasteiger partial charge in [-0.1, -0.05) is 11.6 Å². The number of hydrogen-bond donors (Lipinski definition) is 2. The van der Waals surface area contributed by atoms with Gasteiger partial charge in [0.05, 0.1) is 18.7 Å². The summed E-state index contributed by atoms with van der Waals surface area (Å²) in [7, 11) is 4.02. The Morgan fingerprint density at radius 3 is 2.00 bits per heavy atom. The monoisotopic (exact) mass is 570 g/mol. The summed E-state index contributed by atoms with van der Waals surface area (Å²) >= 11 is 16.5. The minimum Gasteiger partial charge on any atom is -0.493 e. The molecular weight excluding hydrogens is 548 g/mol. The predicted molar refractivity (Wildman–Crippen MR) is 137 cm³/mol.